The van der Waals surface area contributed by atoms with Crippen LogP contribution in [0.1, 0.15) is 18.5 Å². The second-order valence-electron chi connectivity index (χ2n) is 6.36. The number of nitro benzene ring substituents is 1. The molecule has 8 nitrogen and oxygen atoms in total. The number of non-ortho nitro benzene ring substituents is 1. The second kappa shape index (κ2) is 7.44. The molecule has 0 fully saturated rings. The Morgan fingerprint density at radius 1 is 1.24 bits per heavy atom. The lowest BCUT2D eigenvalue weighted by molar-refractivity contribution is -0.384. The molecule has 0 aliphatic rings. The highest BCUT2D eigenvalue weighted by atomic mass is 35.5. The van der Waals surface area contributed by atoms with Crippen molar-refractivity contribution in [2.45, 2.75) is 13.0 Å². The van der Waals surface area contributed by atoms with Crippen molar-refractivity contribution < 1.29 is 9.31 Å². The van der Waals surface area contributed by atoms with E-state index in [-0.39, 0.29) is 17.5 Å². The Labute approximate surface area is 168 Å². The smallest absolute Gasteiger partial charge is 0.269 e. The van der Waals surface area contributed by atoms with Gasteiger partial charge in [-0.25, -0.2) is 19.3 Å². The summed E-state index contributed by atoms with van der Waals surface area (Å²) in [6.07, 6.45) is 4.29. The van der Waals surface area contributed by atoms with E-state index in [0.717, 1.165) is 17.1 Å². The van der Waals surface area contributed by atoms with E-state index >= 15 is 0 Å². The van der Waals surface area contributed by atoms with Crippen LogP contribution in [0.4, 0.5) is 15.9 Å². The Balaban J connectivity index is 1.64. The Kier molecular flexibility index (Phi) is 4.81. The van der Waals surface area contributed by atoms with Crippen LogP contribution in [0.3, 0.4) is 0 Å². The summed E-state index contributed by atoms with van der Waals surface area (Å²) in [5, 5.41) is 15.0. The van der Waals surface area contributed by atoms with Crippen molar-refractivity contribution in [3.8, 4) is 11.4 Å². The lowest BCUT2D eigenvalue weighted by atomic mass is 10.1. The van der Waals surface area contributed by atoms with Gasteiger partial charge in [0.15, 0.2) is 17.5 Å². The standard InChI is InChI=1S/C19H14ClFN6O2/c1-10(11-2-4-13(5-3-11)27(28)29)25-19-16(21)9-24-18(26-19)15-8-23-17-14(15)6-12(20)7-22-17/h2-10H,1H3,(H,22,23)(H,24,25,26)/t10-/m1/s1. The predicted molar refractivity (Wildman–Crippen MR) is 107 cm³/mol. The molecule has 4 aromatic rings. The van der Waals surface area contributed by atoms with Gasteiger partial charge in [-0.05, 0) is 18.6 Å². The predicted octanol–water partition coefficient (Wildman–Crippen LogP) is 4.89. The van der Waals surface area contributed by atoms with Crippen molar-refractivity contribution in [2.75, 3.05) is 5.32 Å². The van der Waals surface area contributed by atoms with Crippen LogP contribution in [0.2, 0.25) is 5.02 Å². The molecule has 1 atom stereocenters. The van der Waals surface area contributed by atoms with Crippen LogP contribution < -0.4 is 5.32 Å². The molecule has 0 amide bonds. The first-order valence-corrected chi connectivity index (χ1v) is 8.96. The number of aromatic nitrogens is 4. The summed E-state index contributed by atoms with van der Waals surface area (Å²) in [4.78, 5) is 25.9. The molecule has 0 spiro atoms. The van der Waals surface area contributed by atoms with Gasteiger partial charge in [0, 0.05) is 35.5 Å². The molecule has 0 aliphatic heterocycles. The Bertz CT molecular complexity index is 1210. The number of fused-ring (bicyclic) bond motifs is 1. The second-order valence-corrected chi connectivity index (χ2v) is 6.79. The number of rotatable bonds is 5. The normalized spacial score (nSPS) is 12.1. The fourth-order valence-corrected chi connectivity index (χ4v) is 3.09. The maximum absolute atomic E-state index is 14.3. The van der Waals surface area contributed by atoms with E-state index in [1.807, 2.05) is 0 Å². The van der Waals surface area contributed by atoms with Crippen molar-refractivity contribution in [3.63, 3.8) is 0 Å². The van der Waals surface area contributed by atoms with Crippen LogP contribution in [0, 0.1) is 15.9 Å². The molecule has 29 heavy (non-hydrogen) atoms. The van der Waals surface area contributed by atoms with Crippen LogP contribution >= 0.6 is 11.6 Å². The molecular weight excluding hydrogens is 399 g/mol. The number of hydrogen-bond donors (Lipinski definition) is 2. The van der Waals surface area contributed by atoms with Crippen molar-refractivity contribution >= 4 is 34.1 Å². The van der Waals surface area contributed by atoms with E-state index in [9.17, 15) is 14.5 Å². The number of aromatic amines is 1. The number of hydrogen-bond acceptors (Lipinski definition) is 6. The fourth-order valence-electron chi connectivity index (χ4n) is 2.93. The van der Waals surface area contributed by atoms with Gasteiger partial charge in [-0.3, -0.25) is 10.1 Å². The third-order valence-corrected chi connectivity index (χ3v) is 4.65. The van der Waals surface area contributed by atoms with Gasteiger partial charge >= 0.3 is 0 Å². The first kappa shape index (κ1) is 18.8. The molecule has 0 saturated carbocycles. The molecule has 0 radical (unpaired) electrons. The first-order valence-electron chi connectivity index (χ1n) is 8.59. The van der Waals surface area contributed by atoms with E-state index in [1.165, 1.54) is 18.3 Å². The van der Waals surface area contributed by atoms with Crippen molar-refractivity contribution in [3.05, 3.63) is 75.4 Å². The molecule has 0 aliphatic carbocycles. The summed E-state index contributed by atoms with van der Waals surface area (Å²) >= 11 is 6.03. The highest BCUT2D eigenvalue weighted by molar-refractivity contribution is 6.31. The van der Waals surface area contributed by atoms with Crippen molar-refractivity contribution in [1.29, 1.82) is 0 Å². The van der Waals surface area contributed by atoms with E-state index in [2.05, 4.69) is 25.3 Å². The molecule has 0 bridgehead atoms. The number of anilines is 1. The summed E-state index contributed by atoms with van der Waals surface area (Å²) in [6.45, 7) is 1.80. The molecule has 1 aromatic carbocycles. The molecule has 3 aromatic heterocycles. The van der Waals surface area contributed by atoms with Gasteiger partial charge in [0.25, 0.3) is 5.69 Å². The van der Waals surface area contributed by atoms with Crippen LogP contribution in [-0.4, -0.2) is 24.9 Å². The van der Waals surface area contributed by atoms with Gasteiger partial charge < -0.3 is 10.3 Å². The third-order valence-electron chi connectivity index (χ3n) is 4.44. The largest absolute Gasteiger partial charge is 0.361 e. The fraction of sp³-hybridized carbons (Fsp3) is 0.105. The van der Waals surface area contributed by atoms with Crippen LogP contribution in [0.15, 0.2) is 48.9 Å². The Morgan fingerprint density at radius 2 is 2.00 bits per heavy atom. The molecular formula is C19H14ClFN6O2. The van der Waals surface area contributed by atoms with Gasteiger partial charge in [-0.15, -0.1) is 0 Å². The number of nitro groups is 1. The molecule has 0 saturated heterocycles. The molecule has 0 unspecified atom stereocenters. The zero-order valence-electron chi connectivity index (χ0n) is 15.1. The van der Waals surface area contributed by atoms with E-state index in [0.29, 0.717) is 22.1 Å². The summed E-state index contributed by atoms with van der Waals surface area (Å²) < 4.78 is 14.3. The number of halogens is 2. The van der Waals surface area contributed by atoms with E-state index < -0.39 is 10.7 Å². The van der Waals surface area contributed by atoms with Gasteiger partial charge in [0.1, 0.15) is 5.65 Å². The summed E-state index contributed by atoms with van der Waals surface area (Å²) in [5.74, 6) is -0.288. The average molecular weight is 413 g/mol. The maximum atomic E-state index is 14.3. The molecule has 4 rings (SSSR count). The number of nitrogens with zero attached hydrogens (tertiary/aromatic N) is 4. The van der Waals surface area contributed by atoms with Crippen molar-refractivity contribution in [2.24, 2.45) is 0 Å². The van der Waals surface area contributed by atoms with Crippen molar-refractivity contribution in [1.82, 2.24) is 19.9 Å². The lowest BCUT2D eigenvalue weighted by Crippen LogP contribution is -2.10. The Morgan fingerprint density at radius 3 is 2.72 bits per heavy atom. The third kappa shape index (κ3) is 3.72. The molecule has 146 valence electrons. The molecule has 3 heterocycles. The van der Waals surface area contributed by atoms with E-state index in [1.54, 1.807) is 31.3 Å². The van der Waals surface area contributed by atoms with Crippen LogP contribution in [-0.2, 0) is 0 Å². The highest BCUT2D eigenvalue weighted by Crippen LogP contribution is 2.29. The van der Waals surface area contributed by atoms with E-state index in [4.69, 9.17) is 11.6 Å². The Hall–Kier alpha value is -3.59. The highest BCUT2D eigenvalue weighted by Gasteiger charge is 2.16. The van der Waals surface area contributed by atoms with Gasteiger partial charge in [0.2, 0.25) is 0 Å². The zero-order valence-corrected chi connectivity index (χ0v) is 15.8. The average Bonchev–Trinajstić information content (AvgIpc) is 3.12. The minimum absolute atomic E-state index is 0.0111. The van der Waals surface area contributed by atoms with Gasteiger partial charge in [0.05, 0.1) is 22.2 Å². The summed E-state index contributed by atoms with van der Waals surface area (Å²) in [5.41, 5.74) is 1.99. The minimum Gasteiger partial charge on any atom is -0.361 e. The summed E-state index contributed by atoms with van der Waals surface area (Å²) in [6, 6.07) is 7.42. The lowest BCUT2D eigenvalue weighted by Gasteiger charge is -2.15. The summed E-state index contributed by atoms with van der Waals surface area (Å²) in [7, 11) is 0. The minimum atomic E-state index is -0.612. The van der Waals surface area contributed by atoms with Crippen LogP contribution in [0.5, 0.6) is 0 Å². The topological polar surface area (TPSA) is 110 Å². The number of benzene rings is 1. The monoisotopic (exact) mass is 412 g/mol. The van der Waals surface area contributed by atoms with Crippen LogP contribution in [0.25, 0.3) is 22.4 Å². The SMILES string of the molecule is C[C@@H](Nc1nc(-c2c[nH]c3ncc(Cl)cc23)ncc1F)c1ccc([N+](=O)[O-])cc1. The van der Waals surface area contributed by atoms with Gasteiger partial charge in [-0.2, -0.15) is 0 Å². The van der Waals surface area contributed by atoms with Gasteiger partial charge in [-0.1, -0.05) is 23.7 Å². The maximum Gasteiger partial charge on any atom is 0.269 e. The number of H-pyrrole nitrogens is 1. The number of pyridine rings is 1. The first-order chi connectivity index (χ1) is 13.9. The number of nitrogens with one attached hydrogen (secondary N) is 2. The quantitative estimate of drug-likeness (QED) is 0.356. The molecule has 2 N–H and O–H groups in total. The zero-order chi connectivity index (χ0) is 20.5. The molecule has 10 heteroatoms.